The highest BCUT2D eigenvalue weighted by atomic mass is 15.2. The van der Waals surface area contributed by atoms with E-state index in [1.54, 1.807) is 0 Å². The van der Waals surface area contributed by atoms with E-state index in [0.717, 1.165) is 12.8 Å². The number of hydrogen-bond acceptors (Lipinski definition) is 2. The van der Waals surface area contributed by atoms with E-state index in [-0.39, 0.29) is 0 Å². The lowest BCUT2D eigenvalue weighted by molar-refractivity contribution is 0.0570. The fraction of sp³-hybridized carbons (Fsp3) is 0.867. The van der Waals surface area contributed by atoms with Crippen LogP contribution in [0.5, 0.6) is 0 Å². The summed E-state index contributed by atoms with van der Waals surface area (Å²) in [6, 6.07) is 0.568. The second-order valence-corrected chi connectivity index (χ2v) is 5.37. The fourth-order valence-corrected chi connectivity index (χ4v) is 3.29. The molecule has 0 bridgehead atoms. The maximum absolute atomic E-state index is 3.54. The van der Waals surface area contributed by atoms with Crippen LogP contribution in [-0.2, 0) is 0 Å². The smallest absolute Gasteiger partial charge is 0.0356 e. The molecule has 0 heterocycles. The van der Waals surface area contributed by atoms with Gasteiger partial charge in [0.25, 0.3) is 0 Å². The lowest BCUT2D eigenvalue weighted by Crippen LogP contribution is -2.59. The molecule has 1 fully saturated rings. The molecule has 1 aliphatic rings. The highest BCUT2D eigenvalue weighted by molar-refractivity contribution is 5.03. The molecule has 2 heteroatoms. The Bertz CT molecular complexity index is 266. The van der Waals surface area contributed by atoms with E-state index < -0.39 is 0 Å². The van der Waals surface area contributed by atoms with Crippen molar-refractivity contribution in [2.75, 3.05) is 21.1 Å². The summed E-state index contributed by atoms with van der Waals surface area (Å²) >= 11 is 0. The zero-order valence-electron chi connectivity index (χ0n) is 12.0. The van der Waals surface area contributed by atoms with Crippen molar-refractivity contribution in [2.24, 2.45) is 0 Å². The molecule has 0 spiro atoms. The molecule has 0 amide bonds. The van der Waals surface area contributed by atoms with Gasteiger partial charge in [-0.05, 0) is 47.3 Å². The van der Waals surface area contributed by atoms with Gasteiger partial charge in [-0.1, -0.05) is 19.3 Å². The molecule has 2 nitrogen and oxygen atoms in total. The molecule has 0 aromatic rings. The standard InChI is InChI=1S/C15H28N2/c1-5-6-8-11-14(16-2)15(17(3)4)12-9-7-10-13-15/h14,16H,7-13H2,1-4H3. The highest BCUT2D eigenvalue weighted by Gasteiger charge is 2.40. The van der Waals surface area contributed by atoms with Crippen molar-refractivity contribution in [2.45, 2.75) is 63.5 Å². The van der Waals surface area contributed by atoms with Crippen LogP contribution in [0.1, 0.15) is 51.9 Å². The molecule has 1 N–H and O–H groups in total. The van der Waals surface area contributed by atoms with Gasteiger partial charge in [0.05, 0.1) is 0 Å². The minimum Gasteiger partial charge on any atom is -0.315 e. The summed E-state index contributed by atoms with van der Waals surface area (Å²) in [4.78, 5) is 2.45. The SMILES string of the molecule is CC#CCCC(NC)C1(N(C)C)CCCCC1. The van der Waals surface area contributed by atoms with Gasteiger partial charge in [-0.25, -0.2) is 0 Å². The van der Waals surface area contributed by atoms with E-state index in [2.05, 4.69) is 43.2 Å². The van der Waals surface area contributed by atoms with Gasteiger partial charge >= 0.3 is 0 Å². The Balaban J connectivity index is 2.73. The average Bonchev–Trinajstić information content (AvgIpc) is 2.35. The molecule has 98 valence electrons. The van der Waals surface area contributed by atoms with Gasteiger partial charge in [0, 0.05) is 18.0 Å². The van der Waals surface area contributed by atoms with Crippen LogP contribution in [0.3, 0.4) is 0 Å². The van der Waals surface area contributed by atoms with Crippen molar-refractivity contribution in [3.05, 3.63) is 0 Å². The number of nitrogens with zero attached hydrogens (tertiary/aromatic N) is 1. The van der Waals surface area contributed by atoms with E-state index in [9.17, 15) is 0 Å². The van der Waals surface area contributed by atoms with Crippen LogP contribution < -0.4 is 5.32 Å². The van der Waals surface area contributed by atoms with E-state index in [1.165, 1.54) is 32.1 Å². The summed E-state index contributed by atoms with van der Waals surface area (Å²) < 4.78 is 0. The predicted molar refractivity (Wildman–Crippen MR) is 75.0 cm³/mol. The second kappa shape index (κ2) is 7.03. The molecule has 0 aromatic carbocycles. The Morgan fingerprint density at radius 1 is 1.24 bits per heavy atom. The summed E-state index contributed by atoms with van der Waals surface area (Å²) in [6.07, 6.45) is 8.97. The third-order valence-corrected chi connectivity index (χ3v) is 4.34. The number of rotatable bonds is 5. The molecule has 0 aromatic heterocycles. The van der Waals surface area contributed by atoms with Crippen molar-refractivity contribution < 1.29 is 0 Å². The topological polar surface area (TPSA) is 15.3 Å². The first-order valence-electron chi connectivity index (χ1n) is 6.91. The Labute approximate surface area is 107 Å². The molecule has 17 heavy (non-hydrogen) atoms. The number of likely N-dealkylation sites (N-methyl/N-ethyl adjacent to an activating group) is 2. The van der Waals surface area contributed by atoms with E-state index in [4.69, 9.17) is 0 Å². The Morgan fingerprint density at radius 2 is 1.88 bits per heavy atom. The lowest BCUT2D eigenvalue weighted by atomic mass is 9.74. The fourth-order valence-electron chi connectivity index (χ4n) is 3.29. The van der Waals surface area contributed by atoms with Gasteiger partial charge in [0.1, 0.15) is 0 Å². The van der Waals surface area contributed by atoms with Crippen LogP contribution >= 0.6 is 0 Å². The van der Waals surface area contributed by atoms with Crippen molar-refractivity contribution in [3.8, 4) is 11.8 Å². The molecule has 1 atom stereocenters. The van der Waals surface area contributed by atoms with Gasteiger partial charge in [-0.3, -0.25) is 0 Å². The maximum Gasteiger partial charge on any atom is 0.0356 e. The summed E-state index contributed by atoms with van der Waals surface area (Å²) in [6.45, 7) is 1.93. The van der Waals surface area contributed by atoms with Crippen molar-refractivity contribution >= 4 is 0 Å². The highest BCUT2D eigenvalue weighted by Crippen LogP contribution is 2.36. The lowest BCUT2D eigenvalue weighted by Gasteiger charge is -2.48. The van der Waals surface area contributed by atoms with Crippen molar-refractivity contribution in [3.63, 3.8) is 0 Å². The monoisotopic (exact) mass is 236 g/mol. The zero-order valence-corrected chi connectivity index (χ0v) is 12.0. The number of nitrogens with one attached hydrogen (secondary N) is 1. The van der Waals surface area contributed by atoms with E-state index in [1.807, 2.05) is 6.92 Å². The van der Waals surface area contributed by atoms with Gasteiger partial charge in [-0.15, -0.1) is 11.8 Å². The Morgan fingerprint density at radius 3 is 2.35 bits per heavy atom. The van der Waals surface area contributed by atoms with Gasteiger partial charge in [0.2, 0.25) is 0 Å². The van der Waals surface area contributed by atoms with Crippen LogP contribution in [0.15, 0.2) is 0 Å². The first-order valence-corrected chi connectivity index (χ1v) is 6.91. The van der Waals surface area contributed by atoms with E-state index >= 15 is 0 Å². The molecule has 1 aliphatic carbocycles. The van der Waals surface area contributed by atoms with Crippen molar-refractivity contribution in [1.29, 1.82) is 0 Å². The summed E-state index contributed by atoms with van der Waals surface area (Å²) in [7, 11) is 6.58. The average molecular weight is 236 g/mol. The van der Waals surface area contributed by atoms with Crippen LogP contribution in [-0.4, -0.2) is 37.6 Å². The molecule has 1 rings (SSSR count). The third-order valence-electron chi connectivity index (χ3n) is 4.34. The molecule has 0 aliphatic heterocycles. The minimum atomic E-state index is 0.350. The first kappa shape index (κ1) is 14.5. The molecular formula is C15H28N2. The third kappa shape index (κ3) is 3.47. The maximum atomic E-state index is 3.54. The molecule has 0 saturated heterocycles. The van der Waals surface area contributed by atoms with Crippen LogP contribution in [0.4, 0.5) is 0 Å². The van der Waals surface area contributed by atoms with Crippen LogP contribution in [0.2, 0.25) is 0 Å². The summed E-state index contributed by atoms with van der Waals surface area (Å²) in [5.41, 5.74) is 0.350. The predicted octanol–water partition coefficient (Wildman–Crippen LogP) is 2.64. The van der Waals surface area contributed by atoms with Gasteiger partial charge in [0.15, 0.2) is 0 Å². The van der Waals surface area contributed by atoms with Gasteiger partial charge in [-0.2, -0.15) is 0 Å². The zero-order chi connectivity index (χ0) is 12.7. The first-order chi connectivity index (χ1) is 8.17. The van der Waals surface area contributed by atoms with Crippen LogP contribution in [0, 0.1) is 11.8 Å². The van der Waals surface area contributed by atoms with Crippen LogP contribution in [0.25, 0.3) is 0 Å². The summed E-state index contributed by atoms with van der Waals surface area (Å²) in [5, 5.41) is 3.54. The Hall–Kier alpha value is -0.520. The summed E-state index contributed by atoms with van der Waals surface area (Å²) in [5.74, 6) is 6.20. The number of hydrogen-bond donors (Lipinski definition) is 1. The normalized spacial score (nSPS) is 20.8. The van der Waals surface area contributed by atoms with E-state index in [0.29, 0.717) is 11.6 Å². The van der Waals surface area contributed by atoms with Gasteiger partial charge < -0.3 is 10.2 Å². The molecule has 1 unspecified atom stereocenters. The van der Waals surface area contributed by atoms with Crippen molar-refractivity contribution in [1.82, 2.24) is 10.2 Å². The molecule has 0 radical (unpaired) electrons. The second-order valence-electron chi connectivity index (χ2n) is 5.37. The minimum absolute atomic E-state index is 0.350. The molecular weight excluding hydrogens is 208 g/mol. The quantitative estimate of drug-likeness (QED) is 0.738. The molecule has 1 saturated carbocycles. The largest absolute Gasteiger partial charge is 0.315 e. The Kier molecular flexibility index (Phi) is 6.02.